The second-order valence-electron chi connectivity index (χ2n) is 7.53. The average molecular weight is 387 g/mol. The Balaban J connectivity index is 1.57. The summed E-state index contributed by atoms with van der Waals surface area (Å²) in [7, 11) is 0. The maximum Gasteiger partial charge on any atom is 0.240 e. The minimum absolute atomic E-state index is 0.0340. The van der Waals surface area contributed by atoms with Crippen molar-refractivity contribution in [2.45, 2.75) is 40.3 Å². The molecule has 0 saturated heterocycles. The quantitative estimate of drug-likeness (QED) is 0.544. The number of hydrogen-bond donors (Lipinski definition) is 2. The lowest BCUT2D eigenvalue weighted by molar-refractivity contribution is -0.121. The second kappa shape index (κ2) is 7.59. The highest BCUT2D eigenvalue weighted by molar-refractivity contribution is 5.88. The van der Waals surface area contributed by atoms with E-state index in [1.807, 2.05) is 22.8 Å². The van der Waals surface area contributed by atoms with Crippen molar-refractivity contribution in [1.82, 2.24) is 14.9 Å². The van der Waals surface area contributed by atoms with Gasteiger partial charge in [-0.25, -0.2) is 0 Å². The molecule has 5 heteroatoms. The van der Waals surface area contributed by atoms with Gasteiger partial charge in [0.2, 0.25) is 5.91 Å². The highest BCUT2D eigenvalue weighted by Gasteiger charge is 2.12. The molecule has 148 valence electrons. The van der Waals surface area contributed by atoms with Crippen LogP contribution in [-0.2, 0) is 24.3 Å². The third-order valence-electron chi connectivity index (χ3n) is 5.53. The molecule has 0 fully saturated rings. The number of carbonyl (C=O) groups is 1. The topological polar surface area (TPSA) is 66.9 Å². The van der Waals surface area contributed by atoms with Gasteiger partial charge in [0, 0.05) is 35.3 Å². The molecule has 2 aromatic heterocycles. The minimum Gasteiger partial charge on any atom is -0.358 e. The predicted octanol–water partition coefficient (Wildman–Crippen LogP) is 3.98. The first-order chi connectivity index (χ1) is 14.0. The van der Waals surface area contributed by atoms with E-state index in [2.05, 4.69) is 43.2 Å². The fourth-order valence-electron chi connectivity index (χ4n) is 4.01. The molecular weight excluding hydrogens is 362 g/mol. The summed E-state index contributed by atoms with van der Waals surface area (Å²) < 4.78 is 1.81. The Labute approximate surface area is 169 Å². The lowest BCUT2D eigenvalue weighted by Gasteiger charge is -2.12. The molecule has 2 N–H and O–H groups in total. The number of H-pyrrole nitrogens is 1. The Bertz CT molecular complexity index is 1280. The van der Waals surface area contributed by atoms with Crippen LogP contribution < -0.4 is 10.7 Å². The van der Waals surface area contributed by atoms with Gasteiger partial charge < -0.3 is 14.9 Å². The molecule has 0 bridgehead atoms. The Hall–Kier alpha value is -3.34. The lowest BCUT2D eigenvalue weighted by atomic mass is 10.0. The summed E-state index contributed by atoms with van der Waals surface area (Å²) in [5.41, 5.74) is 6.60. The van der Waals surface area contributed by atoms with Crippen molar-refractivity contribution >= 4 is 27.7 Å². The first kappa shape index (κ1) is 19.0. The number of aryl methyl sites for hydroxylation is 3. The molecule has 0 atom stereocenters. The standard InChI is InChI=1S/C24H25N3O2/c1-4-20-16(3)19-12-15(2)11-17(24(19)26-20)13-25-23(29)14-27-10-9-22(28)18-7-5-6-8-21(18)27/h5-12,26H,4,13-14H2,1-3H3,(H,25,29). The van der Waals surface area contributed by atoms with E-state index in [1.165, 1.54) is 28.3 Å². The number of aromatic nitrogens is 2. The van der Waals surface area contributed by atoms with Crippen molar-refractivity contribution in [3.8, 4) is 0 Å². The molecule has 29 heavy (non-hydrogen) atoms. The number of pyridine rings is 1. The van der Waals surface area contributed by atoms with E-state index in [-0.39, 0.29) is 17.9 Å². The van der Waals surface area contributed by atoms with E-state index in [9.17, 15) is 9.59 Å². The Morgan fingerprint density at radius 3 is 2.69 bits per heavy atom. The maximum absolute atomic E-state index is 12.6. The molecule has 2 heterocycles. The van der Waals surface area contributed by atoms with Crippen LogP contribution in [0.2, 0.25) is 0 Å². The molecule has 0 unspecified atom stereocenters. The monoisotopic (exact) mass is 387 g/mol. The number of para-hydroxylation sites is 1. The van der Waals surface area contributed by atoms with Gasteiger partial charge in [-0.2, -0.15) is 0 Å². The van der Waals surface area contributed by atoms with E-state index < -0.39 is 0 Å². The van der Waals surface area contributed by atoms with Gasteiger partial charge in [-0.05, 0) is 49.6 Å². The molecule has 0 saturated carbocycles. The zero-order chi connectivity index (χ0) is 20.5. The number of nitrogens with zero attached hydrogens (tertiary/aromatic N) is 1. The van der Waals surface area contributed by atoms with Crippen LogP contribution in [0.4, 0.5) is 0 Å². The molecule has 1 amide bonds. The van der Waals surface area contributed by atoms with Crippen LogP contribution in [0.15, 0.2) is 53.5 Å². The molecular formula is C24H25N3O2. The average Bonchev–Trinajstić information content (AvgIpc) is 3.04. The summed E-state index contributed by atoms with van der Waals surface area (Å²) >= 11 is 0. The highest BCUT2D eigenvalue weighted by Crippen LogP contribution is 2.26. The molecule has 5 nitrogen and oxygen atoms in total. The van der Waals surface area contributed by atoms with Crippen molar-refractivity contribution in [3.63, 3.8) is 0 Å². The number of amides is 1. The summed E-state index contributed by atoms with van der Waals surface area (Å²) in [5.74, 6) is -0.0903. The van der Waals surface area contributed by atoms with Gasteiger partial charge in [-0.3, -0.25) is 9.59 Å². The SMILES string of the molecule is CCc1[nH]c2c(CNC(=O)Cn3ccc(=O)c4ccccc43)cc(C)cc2c1C. The number of fused-ring (bicyclic) bond motifs is 2. The second-order valence-corrected chi connectivity index (χ2v) is 7.53. The molecule has 0 spiro atoms. The van der Waals surface area contributed by atoms with Crippen molar-refractivity contribution in [1.29, 1.82) is 0 Å². The fourth-order valence-corrected chi connectivity index (χ4v) is 4.01. The van der Waals surface area contributed by atoms with Crippen molar-refractivity contribution in [2.75, 3.05) is 0 Å². The van der Waals surface area contributed by atoms with Crippen LogP contribution in [-0.4, -0.2) is 15.5 Å². The summed E-state index contributed by atoms with van der Waals surface area (Å²) in [5, 5.41) is 4.88. The van der Waals surface area contributed by atoms with E-state index in [4.69, 9.17) is 0 Å². The van der Waals surface area contributed by atoms with Gasteiger partial charge in [0.1, 0.15) is 6.54 Å². The van der Waals surface area contributed by atoms with Crippen LogP contribution in [0.1, 0.15) is 29.3 Å². The molecule has 0 radical (unpaired) electrons. The van der Waals surface area contributed by atoms with E-state index >= 15 is 0 Å². The lowest BCUT2D eigenvalue weighted by Crippen LogP contribution is -2.27. The molecule has 4 rings (SSSR count). The van der Waals surface area contributed by atoms with Crippen molar-refractivity contribution in [3.05, 3.63) is 81.3 Å². The Kier molecular flexibility index (Phi) is 4.97. The number of nitrogens with one attached hydrogen (secondary N) is 2. The first-order valence-corrected chi connectivity index (χ1v) is 9.93. The number of benzene rings is 2. The molecule has 4 aromatic rings. The maximum atomic E-state index is 12.6. The highest BCUT2D eigenvalue weighted by atomic mass is 16.2. The Morgan fingerprint density at radius 2 is 1.90 bits per heavy atom. The minimum atomic E-state index is -0.0903. The van der Waals surface area contributed by atoms with Gasteiger partial charge in [0.25, 0.3) is 0 Å². The smallest absolute Gasteiger partial charge is 0.240 e. The van der Waals surface area contributed by atoms with E-state index in [1.54, 1.807) is 12.3 Å². The fraction of sp³-hybridized carbons (Fsp3) is 0.250. The van der Waals surface area contributed by atoms with Gasteiger partial charge in [0.15, 0.2) is 5.43 Å². The predicted molar refractivity (Wildman–Crippen MR) is 117 cm³/mol. The molecule has 0 aliphatic carbocycles. The molecule has 2 aromatic carbocycles. The van der Waals surface area contributed by atoms with Crippen molar-refractivity contribution < 1.29 is 4.79 Å². The number of hydrogen-bond acceptors (Lipinski definition) is 2. The zero-order valence-corrected chi connectivity index (χ0v) is 17.0. The van der Waals surface area contributed by atoms with Gasteiger partial charge in [0.05, 0.1) is 11.0 Å². The Morgan fingerprint density at radius 1 is 1.10 bits per heavy atom. The van der Waals surface area contributed by atoms with Crippen LogP contribution >= 0.6 is 0 Å². The zero-order valence-electron chi connectivity index (χ0n) is 17.0. The molecule has 0 aliphatic rings. The van der Waals surface area contributed by atoms with Crippen LogP contribution in [0.5, 0.6) is 0 Å². The van der Waals surface area contributed by atoms with Crippen molar-refractivity contribution in [2.24, 2.45) is 0 Å². The first-order valence-electron chi connectivity index (χ1n) is 9.93. The number of aromatic amines is 1. The van der Waals surface area contributed by atoms with Gasteiger partial charge >= 0.3 is 0 Å². The van der Waals surface area contributed by atoms with Crippen LogP contribution in [0, 0.1) is 13.8 Å². The summed E-state index contributed by atoms with van der Waals surface area (Å²) in [6, 6.07) is 13.2. The van der Waals surface area contributed by atoms with E-state index in [0.29, 0.717) is 11.9 Å². The number of carbonyl (C=O) groups excluding carboxylic acids is 1. The van der Waals surface area contributed by atoms with E-state index in [0.717, 1.165) is 23.0 Å². The summed E-state index contributed by atoms with van der Waals surface area (Å²) in [6.45, 7) is 6.98. The van der Waals surface area contributed by atoms with Crippen LogP contribution in [0.3, 0.4) is 0 Å². The van der Waals surface area contributed by atoms with Gasteiger partial charge in [-0.15, -0.1) is 0 Å². The number of rotatable bonds is 5. The summed E-state index contributed by atoms with van der Waals surface area (Å²) in [6.07, 6.45) is 2.63. The third kappa shape index (κ3) is 3.56. The van der Waals surface area contributed by atoms with Gasteiger partial charge in [-0.1, -0.05) is 30.7 Å². The summed E-state index contributed by atoms with van der Waals surface area (Å²) in [4.78, 5) is 28.2. The van der Waals surface area contributed by atoms with Crippen LogP contribution in [0.25, 0.3) is 21.8 Å². The largest absolute Gasteiger partial charge is 0.358 e. The third-order valence-corrected chi connectivity index (χ3v) is 5.53. The molecule has 0 aliphatic heterocycles. The normalized spacial score (nSPS) is 11.3.